The summed E-state index contributed by atoms with van der Waals surface area (Å²) in [5.74, 6) is -0.0235. The number of fused-ring (bicyclic) bond motifs is 1. The van der Waals surface area contributed by atoms with Gasteiger partial charge in [-0.15, -0.1) is 0 Å². The number of aliphatic carboxylic acids is 1. The van der Waals surface area contributed by atoms with E-state index in [1.807, 2.05) is 60.7 Å². The number of benzene rings is 2. The van der Waals surface area contributed by atoms with Crippen molar-refractivity contribution in [2.45, 2.75) is 19.7 Å². The highest BCUT2D eigenvalue weighted by atomic mass is 16.5. The fourth-order valence-corrected chi connectivity index (χ4v) is 3.15. The summed E-state index contributed by atoms with van der Waals surface area (Å²) >= 11 is 0. The van der Waals surface area contributed by atoms with Crippen molar-refractivity contribution in [3.05, 3.63) is 90.4 Å². The number of anilines is 1. The summed E-state index contributed by atoms with van der Waals surface area (Å²) in [5, 5.41) is 13.4. The van der Waals surface area contributed by atoms with E-state index in [-0.39, 0.29) is 6.54 Å². The van der Waals surface area contributed by atoms with E-state index in [9.17, 15) is 4.79 Å². The Bertz CT molecular complexity index is 1110. The van der Waals surface area contributed by atoms with Crippen LogP contribution < -0.4 is 10.1 Å². The predicted octanol–water partition coefficient (Wildman–Crippen LogP) is 4.31. The van der Waals surface area contributed by atoms with E-state index in [0.717, 1.165) is 33.5 Å². The zero-order valence-corrected chi connectivity index (χ0v) is 15.8. The van der Waals surface area contributed by atoms with Crippen LogP contribution in [0.5, 0.6) is 5.75 Å². The zero-order chi connectivity index (χ0) is 20.1. The maximum absolute atomic E-state index is 10.9. The maximum Gasteiger partial charge on any atom is 0.323 e. The Morgan fingerprint density at radius 3 is 2.55 bits per heavy atom. The van der Waals surface area contributed by atoms with Crippen molar-refractivity contribution in [3.63, 3.8) is 0 Å². The van der Waals surface area contributed by atoms with E-state index >= 15 is 0 Å². The third-order valence-electron chi connectivity index (χ3n) is 4.65. The van der Waals surface area contributed by atoms with Crippen molar-refractivity contribution < 1.29 is 14.6 Å². The predicted molar refractivity (Wildman–Crippen MR) is 112 cm³/mol. The first-order valence-electron chi connectivity index (χ1n) is 9.32. The van der Waals surface area contributed by atoms with Crippen molar-refractivity contribution in [3.8, 4) is 5.75 Å². The quantitative estimate of drug-likeness (QED) is 0.471. The molecule has 146 valence electrons. The Morgan fingerprint density at radius 1 is 1.00 bits per heavy atom. The highest BCUT2D eigenvalue weighted by Crippen LogP contribution is 2.21. The van der Waals surface area contributed by atoms with Crippen LogP contribution in [0.3, 0.4) is 0 Å². The van der Waals surface area contributed by atoms with Crippen LogP contribution in [0.15, 0.2) is 79.3 Å². The molecule has 0 atom stereocenters. The summed E-state index contributed by atoms with van der Waals surface area (Å²) in [6.45, 7) is 1.17. The topological polar surface area (TPSA) is 76.4 Å². The van der Waals surface area contributed by atoms with Crippen molar-refractivity contribution in [2.75, 3.05) is 5.32 Å². The molecule has 2 N–H and O–H groups in total. The van der Waals surface area contributed by atoms with Crippen molar-refractivity contribution in [2.24, 2.45) is 0 Å². The average molecular weight is 387 g/mol. The molecule has 2 aromatic carbocycles. The number of rotatable bonds is 8. The molecule has 0 saturated heterocycles. The number of pyridine rings is 1. The van der Waals surface area contributed by atoms with Gasteiger partial charge in [0.05, 0.1) is 0 Å². The lowest BCUT2D eigenvalue weighted by atomic mass is 10.2. The highest BCUT2D eigenvalue weighted by molar-refractivity contribution is 5.85. The minimum atomic E-state index is -0.849. The SMILES string of the molecule is O=C(O)Cn1ccc2cc(NCc3ccc(OCc4ccncc4)cc3)ccc21. The van der Waals surface area contributed by atoms with Crippen molar-refractivity contribution in [1.29, 1.82) is 0 Å². The molecule has 0 aliphatic carbocycles. The number of carboxylic acid groups (broad SMARTS) is 1. The molecule has 0 bridgehead atoms. The summed E-state index contributed by atoms with van der Waals surface area (Å²) in [7, 11) is 0. The number of carbonyl (C=O) groups is 1. The largest absolute Gasteiger partial charge is 0.489 e. The third-order valence-corrected chi connectivity index (χ3v) is 4.65. The zero-order valence-electron chi connectivity index (χ0n) is 15.8. The molecule has 4 rings (SSSR count). The molecule has 6 heteroatoms. The molecule has 0 radical (unpaired) electrons. The minimum absolute atomic E-state index is 0.0359. The molecule has 0 aliphatic rings. The minimum Gasteiger partial charge on any atom is -0.489 e. The smallest absolute Gasteiger partial charge is 0.323 e. The summed E-state index contributed by atoms with van der Waals surface area (Å²) in [4.78, 5) is 14.9. The lowest BCUT2D eigenvalue weighted by Crippen LogP contribution is -2.07. The Morgan fingerprint density at radius 2 is 1.79 bits per heavy atom. The highest BCUT2D eigenvalue weighted by Gasteiger charge is 2.05. The number of aromatic nitrogens is 2. The van der Waals surface area contributed by atoms with Gasteiger partial charge in [0.2, 0.25) is 0 Å². The Hall–Kier alpha value is -3.80. The van der Waals surface area contributed by atoms with Crippen LogP contribution in [-0.2, 0) is 24.5 Å². The molecule has 0 fully saturated rings. The van der Waals surface area contributed by atoms with Crippen LogP contribution in [0.1, 0.15) is 11.1 Å². The second-order valence-electron chi connectivity index (χ2n) is 6.75. The summed E-state index contributed by atoms with van der Waals surface area (Å²) in [6, 6.07) is 19.7. The van der Waals surface area contributed by atoms with E-state index in [2.05, 4.69) is 10.3 Å². The molecule has 6 nitrogen and oxygen atoms in total. The second-order valence-corrected chi connectivity index (χ2v) is 6.75. The number of nitrogens with zero attached hydrogens (tertiary/aromatic N) is 2. The van der Waals surface area contributed by atoms with Gasteiger partial charge in [-0.05, 0) is 59.7 Å². The van der Waals surface area contributed by atoms with Crippen LogP contribution in [0.2, 0.25) is 0 Å². The summed E-state index contributed by atoms with van der Waals surface area (Å²) < 4.78 is 7.52. The maximum atomic E-state index is 10.9. The van der Waals surface area contributed by atoms with E-state index < -0.39 is 5.97 Å². The van der Waals surface area contributed by atoms with Gasteiger partial charge in [-0.2, -0.15) is 0 Å². The fraction of sp³-hybridized carbons (Fsp3) is 0.130. The first kappa shape index (κ1) is 18.6. The standard InChI is InChI=1S/C23H21N3O3/c27-23(28)15-26-12-9-19-13-20(3-6-22(19)26)25-14-17-1-4-21(5-2-17)29-16-18-7-10-24-11-8-18/h1-13,25H,14-16H2,(H,27,28). The van der Waals surface area contributed by atoms with Gasteiger partial charge >= 0.3 is 5.97 Å². The number of hydrogen-bond acceptors (Lipinski definition) is 4. The summed E-state index contributed by atoms with van der Waals surface area (Å²) in [6.07, 6.45) is 5.31. The van der Waals surface area contributed by atoms with E-state index in [0.29, 0.717) is 13.2 Å². The van der Waals surface area contributed by atoms with Crippen LogP contribution in [0.4, 0.5) is 5.69 Å². The average Bonchev–Trinajstić information content (AvgIpc) is 3.13. The van der Waals surface area contributed by atoms with E-state index in [4.69, 9.17) is 9.84 Å². The Kier molecular flexibility index (Phi) is 5.42. The first-order valence-corrected chi connectivity index (χ1v) is 9.32. The molecule has 0 aliphatic heterocycles. The van der Waals surface area contributed by atoms with Crippen LogP contribution >= 0.6 is 0 Å². The lowest BCUT2D eigenvalue weighted by molar-refractivity contribution is -0.137. The van der Waals surface area contributed by atoms with Gasteiger partial charge in [0.25, 0.3) is 0 Å². The van der Waals surface area contributed by atoms with Gasteiger partial charge in [0.1, 0.15) is 18.9 Å². The van der Waals surface area contributed by atoms with Gasteiger partial charge in [-0.25, -0.2) is 0 Å². The molecular formula is C23H21N3O3. The molecule has 2 aromatic heterocycles. The molecule has 29 heavy (non-hydrogen) atoms. The van der Waals surface area contributed by atoms with Crippen LogP contribution in [0, 0.1) is 0 Å². The van der Waals surface area contributed by atoms with Gasteiger partial charge in [0.15, 0.2) is 0 Å². The molecule has 0 amide bonds. The summed E-state index contributed by atoms with van der Waals surface area (Å²) in [5.41, 5.74) is 4.13. The molecular weight excluding hydrogens is 366 g/mol. The number of hydrogen-bond donors (Lipinski definition) is 2. The number of ether oxygens (including phenoxy) is 1. The second kappa shape index (κ2) is 8.48. The number of carboxylic acids is 1. The first-order chi connectivity index (χ1) is 14.2. The molecule has 4 aromatic rings. The van der Waals surface area contributed by atoms with Gasteiger partial charge < -0.3 is 19.7 Å². The van der Waals surface area contributed by atoms with Crippen LogP contribution in [0.25, 0.3) is 10.9 Å². The van der Waals surface area contributed by atoms with E-state index in [1.54, 1.807) is 23.2 Å². The van der Waals surface area contributed by atoms with Crippen LogP contribution in [-0.4, -0.2) is 20.6 Å². The molecule has 0 saturated carbocycles. The normalized spacial score (nSPS) is 10.8. The Balaban J connectivity index is 1.34. The molecule has 0 spiro atoms. The third kappa shape index (κ3) is 4.73. The lowest BCUT2D eigenvalue weighted by Gasteiger charge is -2.09. The molecule has 0 unspecified atom stereocenters. The van der Waals surface area contributed by atoms with Crippen molar-refractivity contribution >= 4 is 22.6 Å². The van der Waals surface area contributed by atoms with Gasteiger partial charge in [0, 0.05) is 41.7 Å². The van der Waals surface area contributed by atoms with Crippen molar-refractivity contribution in [1.82, 2.24) is 9.55 Å². The van der Waals surface area contributed by atoms with E-state index in [1.165, 1.54) is 0 Å². The fourth-order valence-electron chi connectivity index (χ4n) is 3.15. The molecule has 2 heterocycles. The number of nitrogens with one attached hydrogen (secondary N) is 1. The Labute approximate surface area is 168 Å². The van der Waals surface area contributed by atoms with Gasteiger partial charge in [-0.3, -0.25) is 9.78 Å². The monoisotopic (exact) mass is 387 g/mol. The van der Waals surface area contributed by atoms with Gasteiger partial charge in [-0.1, -0.05) is 12.1 Å².